The minimum atomic E-state index is -1.09. The van der Waals surface area contributed by atoms with Crippen molar-refractivity contribution in [2.75, 3.05) is 0 Å². The fourth-order valence-corrected chi connectivity index (χ4v) is 5.82. The molecule has 1 saturated heterocycles. The van der Waals surface area contributed by atoms with Gasteiger partial charge in [-0.1, -0.05) is 84.9 Å². The minimum absolute atomic E-state index is 0.0723. The smallest absolute Gasteiger partial charge is 0.348 e. The van der Waals surface area contributed by atoms with E-state index in [0.717, 1.165) is 39.1 Å². The van der Waals surface area contributed by atoms with E-state index in [4.69, 9.17) is 9.47 Å². The van der Waals surface area contributed by atoms with Gasteiger partial charge < -0.3 is 14.6 Å². The highest BCUT2D eigenvalue weighted by atomic mass is 16.6. The lowest BCUT2D eigenvalue weighted by Crippen LogP contribution is -2.37. The summed E-state index contributed by atoms with van der Waals surface area (Å²) in [5.74, 6) is 0.131. The summed E-state index contributed by atoms with van der Waals surface area (Å²) in [7, 11) is 0. The summed E-state index contributed by atoms with van der Waals surface area (Å²) in [6.07, 6.45) is 1.31. The number of carbonyl (C=O) groups is 1. The van der Waals surface area contributed by atoms with Crippen LogP contribution < -0.4 is 4.74 Å². The molecule has 5 aromatic carbocycles. The topological polar surface area (TPSA) is 55.8 Å². The summed E-state index contributed by atoms with van der Waals surface area (Å²) < 4.78 is 12.5. The Balaban J connectivity index is 1.43. The van der Waals surface area contributed by atoms with Gasteiger partial charge in [0.25, 0.3) is 0 Å². The highest BCUT2D eigenvalue weighted by Crippen LogP contribution is 2.55. The number of fused-ring (bicyclic) bond motifs is 7. The van der Waals surface area contributed by atoms with Gasteiger partial charge in [-0.2, -0.15) is 0 Å². The maximum atomic E-state index is 13.8. The number of carbonyl (C=O) groups excluding carboxylic acids is 1. The van der Waals surface area contributed by atoms with E-state index in [2.05, 4.69) is 0 Å². The first kappa shape index (κ1) is 20.2. The van der Waals surface area contributed by atoms with Crippen LogP contribution >= 0.6 is 0 Å². The van der Waals surface area contributed by atoms with Gasteiger partial charge in [-0.25, -0.2) is 4.79 Å². The molecule has 0 aromatic heterocycles. The van der Waals surface area contributed by atoms with Crippen LogP contribution in [0.3, 0.4) is 0 Å². The highest BCUT2D eigenvalue weighted by Gasteiger charge is 2.56. The molecule has 2 aliphatic heterocycles. The molecule has 5 aromatic rings. The largest absolute Gasteiger partial charge is 0.507 e. The number of benzene rings is 5. The predicted molar refractivity (Wildman–Crippen MR) is 135 cm³/mol. The average Bonchev–Trinajstić information content (AvgIpc) is 3.49. The summed E-state index contributed by atoms with van der Waals surface area (Å²) in [4.78, 5) is 13.8. The molecule has 2 atom stereocenters. The summed E-state index contributed by atoms with van der Waals surface area (Å²) in [6.45, 7) is 0. The third-order valence-electron chi connectivity index (χ3n) is 7.42. The molecule has 0 amide bonds. The number of ether oxygens (including phenoxy) is 2. The molecule has 7 rings (SSSR count). The Hall–Kier alpha value is -4.15. The molecule has 4 nitrogen and oxygen atoms in total. The van der Waals surface area contributed by atoms with Gasteiger partial charge in [0.2, 0.25) is 0 Å². The summed E-state index contributed by atoms with van der Waals surface area (Å²) >= 11 is 0. The van der Waals surface area contributed by atoms with E-state index in [1.807, 2.05) is 91.0 Å². The van der Waals surface area contributed by atoms with Crippen molar-refractivity contribution in [3.05, 3.63) is 108 Å². The van der Waals surface area contributed by atoms with Crippen LogP contribution in [0.5, 0.6) is 11.5 Å². The van der Waals surface area contributed by atoms with E-state index in [0.29, 0.717) is 23.3 Å². The Kier molecular flexibility index (Phi) is 4.29. The van der Waals surface area contributed by atoms with Gasteiger partial charge in [0.15, 0.2) is 5.60 Å². The number of rotatable bonds is 3. The molecule has 0 aliphatic carbocycles. The van der Waals surface area contributed by atoms with Crippen molar-refractivity contribution < 1.29 is 19.4 Å². The Morgan fingerprint density at radius 2 is 1.46 bits per heavy atom. The lowest BCUT2D eigenvalue weighted by Gasteiger charge is -2.25. The van der Waals surface area contributed by atoms with E-state index in [1.165, 1.54) is 0 Å². The van der Waals surface area contributed by atoms with Gasteiger partial charge in [-0.3, -0.25) is 0 Å². The molecule has 2 bridgehead atoms. The number of phenols is 1. The first-order chi connectivity index (χ1) is 17.2. The molecule has 0 saturated carbocycles. The van der Waals surface area contributed by atoms with E-state index >= 15 is 0 Å². The summed E-state index contributed by atoms with van der Waals surface area (Å²) in [5.41, 5.74) is 2.23. The van der Waals surface area contributed by atoms with Crippen molar-refractivity contribution >= 4 is 27.5 Å². The van der Waals surface area contributed by atoms with Crippen LogP contribution in [0.25, 0.3) is 32.7 Å². The summed E-state index contributed by atoms with van der Waals surface area (Å²) in [6, 6.07) is 31.1. The van der Waals surface area contributed by atoms with Crippen molar-refractivity contribution in [3.63, 3.8) is 0 Å². The number of hydrogen-bond donors (Lipinski definition) is 1. The van der Waals surface area contributed by atoms with Crippen LogP contribution in [0, 0.1) is 0 Å². The zero-order chi connectivity index (χ0) is 23.6. The second-order valence-corrected chi connectivity index (χ2v) is 9.29. The van der Waals surface area contributed by atoms with E-state index in [1.54, 1.807) is 6.07 Å². The minimum Gasteiger partial charge on any atom is -0.507 e. The lowest BCUT2D eigenvalue weighted by atomic mass is 9.82. The number of esters is 1. The Morgan fingerprint density at radius 1 is 0.800 bits per heavy atom. The molecular weight excluding hydrogens is 436 g/mol. The van der Waals surface area contributed by atoms with Crippen LogP contribution in [0.1, 0.15) is 30.1 Å². The molecule has 0 radical (unpaired) electrons. The van der Waals surface area contributed by atoms with Crippen molar-refractivity contribution in [2.45, 2.75) is 24.5 Å². The van der Waals surface area contributed by atoms with Gasteiger partial charge in [0, 0.05) is 16.7 Å². The fraction of sp³-hybridized carbons (Fsp3) is 0.129. The fourth-order valence-electron chi connectivity index (χ4n) is 5.82. The molecule has 0 spiro atoms. The molecule has 1 N–H and O–H groups in total. The zero-order valence-corrected chi connectivity index (χ0v) is 18.9. The van der Waals surface area contributed by atoms with Crippen LogP contribution in [0.4, 0.5) is 0 Å². The standard InChI is InChI=1S/C31H22O4/c32-25-15-13-19-7-1-3-9-21(19)28(25)29-22-10-4-2-8-20(22)14-16-27(29)34-30(33)31-18-17-26(35-31)23-11-5-6-12-24(23)31/h1-16,26,32H,17-18H2. The average molecular weight is 459 g/mol. The van der Waals surface area contributed by atoms with Gasteiger partial charge in [-0.15, -0.1) is 0 Å². The van der Waals surface area contributed by atoms with Crippen LogP contribution in [0.2, 0.25) is 0 Å². The first-order valence-corrected chi connectivity index (χ1v) is 11.9. The van der Waals surface area contributed by atoms with E-state index in [-0.39, 0.29) is 11.9 Å². The Labute approximate surface area is 202 Å². The monoisotopic (exact) mass is 458 g/mol. The van der Waals surface area contributed by atoms with Gasteiger partial charge in [-0.05, 0) is 52.1 Å². The van der Waals surface area contributed by atoms with E-state index < -0.39 is 11.6 Å². The predicted octanol–water partition coefficient (Wildman–Crippen LogP) is 7.03. The Morgan fingerprint density at radius 3 is 2.26 bits per heavy atom. The zero-order valence-electron chi connectivity index (χ0n) is 18.9. The van der Waals surface area contributed by atoms with Gasteiger partial charge in [0.1, 0.15) is 11.5 Å². The van der Waals surface area contributed by atoms with Crippen molar-refractivity contribution in [3.8, 4) is 22.6 Å². The first-order valence-electron chi connectivity index (χ1n) is 11.9. The van der Waals surface area contributed by atoms with Crippen LogP contribution in [-0.4, -0.2) is 11.1 Å². The molecular formula is C31H22O4. The number of hydrogen-bond acceptors (Lipinski definition) is 4. The number of aromatic hydroxyl groups is 1. The molecule has 4 heteroatoms. The summed E-state index contributed by atoms with van der Waals surface area (Å²) in [5, 5.41) is 14.8. The molecule has 2 unspecified atom stereocenters. The molecule has 2 aliphatic rings. The second-order valence-electron chi connectivity index (χ2n) is 9.29. The van der Waals surface area contributed by atoms with Crippen molar-refractivity contribution in [2.24, 2.45) is 0 Å². The van der Waals surface area contributed by atoms with Crippen LogP contribution in [-0.2, 0) is 15.1 Å². The quantitative estimate of drug-likeness (QED) is 0.233. The Bertz CT molecular complexity index is 1650. The molecule has 2 heterocycles. The highest BCUT2D eigenvalue weighted by molar-refractivity contribution is 6.10. The third kappa shape index (κ3) is 2.87. The SMILES string of the molecule is O=C(Oc1ccc2ccccc2c1-c1c(O)ccc2ccccc12)C12CCC(O1)c1ccccc12. The second kappa shape index (κ2) is 7.42. The maximum Gasteiger partial charge on any atom is 0.348 e. The van der Waals surface area contributed by atoms with E-state index in [9.17, 15) is 9.90 Å². The van der Waals surface area contributed by atoms with Crippen molar-refractivity contribution in [1.82, 2.24) is 0 Å². The number of phenolic OH excluding ortho intramolecular Hbond substituents is 1. The van der Waals surface area contributed by atoms with Crippen molar-refractivity contribution in [1.29, 1.82) is 0 Å². The lowest BCUT2D eigenvalue weighted by molar-refractivity contribution is -0.159. The van der Waals surface area contributed by atoms with Gasteiger partial charge in [0.05, 0.1) is 6.10 Å². The molecule has 170 valence electrons. The van der Waals surface area contributed by atoms with Gasteiger partial charge >= 0.3 is 5.97 Å². The molecule has 35 heavy (non-hydrogen) atoms. The molecule has 1 fully saturated rings. The third-order valence-corrected chi connectivity index (χ3v) is 7.42. The van der Waals surface area contributed by atoms with Crippen LogP contribution in [0.15, 0.2) is 97.1 Å². The normalized spacial score (nSPS) is 20.3. The maximum absolute atomic E-state index is 13.8.